The van der Waals surface area contributed by atoms with Crippen molar-refractivity contribution in [1.82, 2.24) is 10.2 Å². The first-order valence-corrected chi connectivity index (χ1v) is 8.05. The quantitative estimate of drug-likeness (QED) is 0.813. The summed E-state index contributed by atoms with van der Waals surface area (Å²) in [7, 11) is 0. The number of likely N-dealkylation sites (N-methyl/N-ethyl adjacent to an activating group) is 1. The van der Waals surface area contributed by atoms with Crippen molar-refractivity contribution < 1.29 is 14.0 Å². The summed E-state index contributed by atoms with van der Waals surface area (Å²) in [5.41, 5.74) is 0.440. The fourth-order valence-electron chi connectivity index (χ4n) is 2.18. The standard InChI is InChI=1S/C18H19ClN2O3/c1-3-21(4-2)18(23)16(12-13-8-7-11-24-13)20-17(22)14-9-5-6-10-15(14)19/h5-12H,3-4H2,1-2H3,(H,20,22)/b16-12-. The molecular weight excluding hydrogens is 328 g/mol. The molecule has 2 aromatic rings. The average molecular weight is 347 g/mol. The Morgan fingerprint density at radius 3 is 2.46 bits per heavy atom. The number of furan rings is 1. The van der Waals surface area contributed by atoms with Gasteiger partial charge in [-0.1, -0.05) is 23.7 Å². The Morgan fingerprint density at radius 2 is 1.88 bits per heavy atom. The van der Waals surface area contributed by atoms with Crippen LogP contribution in [-0.2, 0) is 4.79 Å². The molecule has 0 aliphatic rings. The lowest BCUT2D eigenvalue weighted by Crippen LogP contribution is -2.38. The van der Waals surface area contributed by atoms with E-state index in [-0.39, 0.29) is 11.6 Å². The van der Waals surface area contributed by atoms with E-state index >= 15 is 0 Å². The van der Waals surface area contributed by atoms with Gasteiger partial charge in [-0.2, -0.15) is 0 Å². The lowest BCUT2D eigenvalue weighted by molar-refractivity contribution is -0.127. The lowest BCUT2D eigenvalue weighted by atomic mass is 10.2. The molecular formula is C18H19ClN2O3. The molecule has 0 spiro atoms. The fourth-order valence-corrected chi connectivity index (χ4v) is 2.40. The van der Waals surface area contributed by atoms with Gasteiger partial charge >= 0.3 is 0 Å². The topological polar surface area (TPSA) is 62.6 Å². The highest BCUT2D eigenvalue weighted by atomic mass is 35.5. The molecule has 1 aromatic heterocycles. The largest absolute Gasteiger partial charge is 0.465 e. The summed E-state index contributed by atoms with van der Waals surface area (Å²) in [6, 6.07) is 10.1. The van der Waals surface area contributed by atoms with E-state index in [1.807, 2.05) is 13.8 Å². The zero-order valence-corrected chi connectivity index (χ0v) is 14.3. The SMILES string of the molecule is CCN(CC)C(=O)/C(=C/c1ccco1)NC(=O)c1ccccc1Cl. The van der Waals surface area contributed by atoms with Gasteiger partial charge in [0, 0.05) is 19.2 Å². The van der Waals surface area contributed by atoms with E-state index in [0.717, 1.165) is 0 Å². The molecule has 24 heavy (non-hydrogen) atoms. The number of rotatable bonds is 6. The van der Waals surface area contributed by atoms with Gasteiger partial charge < -0.3 is 14.6 Å². The third-order valence-electron chi connectivity index (χ3n) is 3.48. The average Bonchev–Trinajstić information content (AvgIpc) is 3.08. The number of carbonyl (C=O) groups excluding carboxylic acids is 2. The number of nitrogens with one attached hydrogen (secondary N) is 1. The van der Waals surface area contributed by atoms with Gasteiger partial charge in [0.25, 0.3) is 11.8 Å². The zero-order chi connectivity index (χ0) is 17.5. The van der Waals surface area contributed by atoms with Crippen LogP contribution in [0.3, 0.4) is 0 Å². The number of benzene rings is 1. The Labute approximate surface area is 145 Å². The minimum atomic E-state index is -0.445. The Balaban J connectivity index is 2.31. The van der Waals surface area contributed by atoms with Crippen LogP contribution in [0.4, 0.5) is 0 Å². The highest BCUT2D eigenvalue weighted by Crippen LogP contribution is 2.16. The van der Waals surface area contributed by atoms with Crippen molar-refractivity contribution in [3.8, 4) is 0 Å². The van der Waals surface area contributed by atoms with Crippen LogP contribution < -0.4 is 5.32 Å². The van der Waals surface area contributed by atoms with Gasteiger partial charge in [0.1, 0.15) is 11.5 Å². The van der Waals surface area contributed by atoms with E-state index in [4.69, 9.17) is 16.0 Å². The summed E-state index contributed by atoms with van der Waals surface area (Å²) >= 11 is 6.05. The van der Waals surface area contributed by atoms with Crippen molar-refractivity contribution in [3.63, 3.8) is 0 Å². The first-order valence-electron chi connectivity index (χ1n) is 7.67. The molecule has 2 amide bonds. The second-order valence-electron chi connectivity index (χ2n) is 4.98. The fraction of sp³-hybridized carbons (Fsp3) is 0.222. The Kier molecular flexibility index (Phi) is 6.21. The number of carbonyl (C=O) groups is 2. The van der Waals surface area contributed by atoms with E-state index < -0.39 is 5.91 Å². The smallest absolute Gasteiger partial charge is 0.270 e. The molecule has 0 saturated carbocycles. The molecule has 0 aliphatic heterocycles. The molecule has 0 unspecified atom stereocenters. The Bertz CT molecular complexity index is 734. The lowest BCUT2D eigenvalue weighted by Gasteiger charge is -2.20. The zero-order valence-electron chi connectivity index (χ0n) is 13.6. The van der Waals surface area contributed by atoms with Crippen LogP contribution in [0.15, 0.2) is 52.8 Å². The maximum atomic E-state index is 12.7. The van der Waals surface area contributed by atoms with Crippen molar-refractivity contribution in [2.24, 2.45) is 0 Å². The highest BCUT2D eigenvalue weighted by Gasteiger charge is 2.20. The molecule has 1 N–H and O–H groups in total. The van der Waals surface area contributed by atoms with Crippen LogP contribution in [0.1, 0.15) is 30.0 Å². The molecule has 5 nitrogen and oxygen atoms in total. The van der Waals surface area contributed by atoms with Crippen LogP contribution in [0, 0.1) is 0 Å². The second kappa shape index (κ2) is 8.36. The Morgan fingerprint density at radius 1 is 1.17 bits per heavy atom. The van der Waals surface area contributed by atoms with Crippen molar-refractivity contribution in [3.05, 3.63) is 64.7 Å². The molecule has 126 valence electrons. The van der Waals surface area contributed by atoms with Crippen LogP contribution in [0.5, 0.6) is 0 Å². The number of nitrogens with zero attached hydrogens (tertiary/aromatic N) is 1. The highest BCUT2D eigenvalue weighted by molar-refractivity contribution is 6.34. The van der Waals surface area contributed by atoms with E-state index in [1.54, 1.807) is 41.3 Å². The molecule has 0 bridgehead atoms. The number of halogens is 1. The van der Waals surface area contributed by atoms with E-state index in [0.29, 0.717) is 29.4 Å². The van der Waals surface area contributed by atoms with Crippen molar-refractivity contribution in [1.29, 1.82) is 0 Å². The van der Waals surface area contributed by atoms with Crippen LogP contribution in [0.2, 0.25) is 5.02 Å². The minimum Gasteiger partial charge on any atom is -0.465 e. The summed E-state index contributed by atoms with van der Waals surface area (Å²) in [6.45, 7) is 4.82. The van der Waals surface area contributed by atoms with Gasteiger partial charge in [0.2, 0.25) is 0 Å². The molecule has 0 saturated heterocycles. The maximum absolute atomic E-state index is 12.7. The summed E-state index contributed by atoms with van der Waals surface area (Å²) in [4.78, 5) is 26.7. The first-order chi connectivity index (χ1) is 11.6. The summed E-state index contributed by atoms with van der Waals surface area (Å²) in [5, 5.41) is 2.97. The maximum Gasteiger partial charge on any atom is 0.270 e. The van der Waals surface area contributed by atoms with Gasteiger partial charge in [-0.15, -0.1) is 0 Å². The third-order valence-corrected chi connectivity index (χ3v) is 3.81. The summed E-state index contributed by atoms with van der Waals surface area (Å²) in [5.74, 6) is -0.249. The molecule has 2 rings (SSSR count). The summed E-state index contributed by atoms with van der Waals surface area (Å²) < 4.78 is 5.25. The van der Waals surface area contributed by atoms with E-state index in [2.05, 4.69) is 5.32 Å². The van der Waals surface area contributed by atoms with Crippen LogP contribution in [0.25, 0.3) is 6.08 Å². The second-order valence-corrected chi connectivity index (χ2v) is 5.39. The van der Waals surface area contributed by atoms with E-state index in [1.165, 1.54) is 12.3 Å². The molecule has 1 heterocycles. The van der Waals surface area contributed by atoms with Gasteiger partial charge in [-0.05, 0) is 38.1 Å². The third kappa shape index (κ3) is 4.26. The molecule has 1 aromatic carbocycles. The molecule has 6 heteroatoms. The van der Waals surface area contributed by atoms with Gasteiger partial charge in [-0.3, -0.25) is 9.59 Å². The molecule has 0 fully saturated rings. The van der Waals surface area contributed by atoms with Crippen LogP contribution >= 0.6 is 11.6 Å². The normalized spacial score (nSPS) is 11.2. The minimum absolute atomic E-state index is 0.138. The van der Waals surface area contributed by atoms with Crippen molar-refractivity contribution >= 4 is 29.5 Å². The van der Waals surface area contributed by atoms with Gasteiger partial charge in [-0.25, -0.2) is 0 Å². The van der Waals surface area contributed by atoms with Crippen LogP contribution in [-0.4, -0.2) is 29.8 Å². The van der Waals surface area contributed by atoms with Gasteiger partial charge in [0.15, 0.2) is 0 Å². The number of amides is 2. The van der Waals surface area contributed by atoms with Crippen molar-refractivity contribution in [2.45, 2.75) is 13.8 Å². The molecule has 0 atom stereocenters. The van der Waals surface area contributed by atoms with Crippen molar-refractivity contribution in [2.75, 3.05) is 13.1 Å². The monoisotopic (exact) mass is 346 g/mol. The Hall–Kier alpha value is -2.53. The molecule has 0 radical (unpaired) electrons. The number of hydrogen-bond acceptors (Lipinski definition) is 3. The van der Waals surface area contributed by atoms with E-state index in [9.17, 15) is 9.59 Å². The summed E-state index contributed by atoms with van der Waals surface area (Å²) in [6.07, 6.45) is 3.01. The predicted octanol–water partition coefficient (Wildman–Crippen LogP) is 3.57. The first kappa shape index (κ1) is 17.8. The predicted molar refractivity (Wildman–Crippen MR) is 93.5 cm³/mol. The van der Waals surface area contributed by atoms with Gasteiger partial charge in [0.05, 0.1) is 16.8 Å². The number of hydrogen-bond donors (Lipinski definition) is 1. The molecule has 0 aliphatic carbocycles.